The van der Waals surface area contributed by atoms with Gasteiger partial charge < -0.3 is 9.47 Å². The van der Waals surface area contributed by atoms with E-state index in [-0.39, 0.29) is 5.97 Å². The molecule has 1 aliphatic rings. The predicted octanol–water partition coefficient (Wildman–Crippen LogP) is 3.71. The number of ether oxygens (including phenoxy) is 2. The van der Waals surface area contributed by atoms with Crippen molar-refractivity contribution in [1.29, 1.82) is 0 Å². The maximum Gasteiger partial charge on any atom is 0.337 e. The first-order chi connectivity index (χ1) is 7.94. The molecular weight excluding hydrogens is 216 g/mol. The molecule has 0 bridgehead atoms. The molecule has 0 amide bonds. The van der Waals surface area contributed by atoms with Crippen LogP contribution in [-0.4, -0.2) is 11.8 Å². The molecule has 0 fully saturated rings. The molecule has 0 atom stereocenters. The fourth-order valence-corrected chi connectivity index (χ4v) is 1.70. The van der Waals surface area contributed by atoms with Gasteiger partial charge in [-0.1, -0.05) is 25.8 Å². The number of carbonyl (C=O) groups is 1. The lowest BCUT2D eigenvalue weighted by Crippen LogP contribution is -2.34. The first-order valence-corrected chi connectivity index (χ1v) is 6.25. The van der Waals surface area contributed by atoms with Gasteiger partial charge in [-0.25, -0.2) is 4.79 Å². The Hall–Kier alpha value is -1.25. The highest BCUT2D eigenvalue weighted by Crippen LogP contribution is 2.26. The first kappa shape index (κ1) is 13.8. The summed E-state index contributed by atoms with van der Waals surface area (Å²) < 4.78 is 10.6. The van der Waals surface area contributed by atoms with E-state index >= 15 is 0 Å². The van der Waals surface area contributed by atoms with Crippen molar-refractivity contribution in [1.82, 2.24) is 0 Å². The molecule has 0 aromatic heterocycles. The zero-order valence-corrected chi connectivity index (χ0v) is 11.2. The van der Waals surface area contributed by atoms with Crippen molar-refractivity contribution in [3.63, 3.8) is 0 Å². The molecule has 0 saturated heterocycles. The van der Waals surface area contributed by atoms with Crippen molar-refractivity contribution in [2.24, 2.45) is 0 Å². The van der Waals surface area contributed by atoms with E-state index in [1.54, 1.807) is 13.8 Å². The third kappa shape index (κ3) is 4.63. The number of allylic oxidation sites excluding steroid dienone is 2. The second-order valence-corrected chi connectivity index (χ2v) is 4.81. The standard InChI is InChI=1S/C14H22O3/c1-5-6-7-8-9-11(2)12-10-13(15)17-14(3,4)16-12/h9-10H,5-8H2,1-4H3/b11-9+. The molecule has 0 unspecified atom stereocenters. The normalized spacial score (nSPS) is 19.4. The van der Waals surface area contributed by atoms with Crippen LogP contribution in [0, 0.1) is 0 Å². The van der Waals surface area contributed by atoms with Gasteiger partial charge in [0, 0.05) is 13.8 Å². The summed E-state index contributed by atoms with van der Waals surface area (Å²) in [5.41, 5.74) is 1.01. The highest BCUT2D eigenvalue weighted by Gasteiger charge is 2.30. The van der Waals surface area contributed by atoms with Gasteiger partial charge in [-0.2, -0.15) is 0 Å². The van der Waals surface area contributed by atoms with E-state index < -0.39 is 5.79 Å². The average molecular weight is 238 g/mol. The Balaban J connectivity index is 2.62. The van der Waals surface area contributed by atoms with Crippen LogP contribution in [0.2, 0.25) is 0 Å². The molecule has 0 radical (unpaired) electrons. The van der Waals surface area contributed by atoms with Crippen LogP contribution in [0.15, 0.2) is 23.5 Å². The summed E-state index contributed by atoms with van der Waals surface area (Å²) in [5, 5.41) is 0. The maximum absolute atomic E-state index is 11.4. The van der Waals surface area contributed by atoms with Crippen molar-refractivity contribution in [3.8, 4) is 0 Å². The fourth-order valence-electron chi connectivity index (χ4n) is 1.70. The van der Waals surface area contributed by atoms with Gasteiger partial charge in [-0.3, -0.25) is 0 Å². The van der Waals surface area contributed by atoms with E-state index in [1.165, 1.54) is 25.3 Å². The number of cyclic esters (lactones) is 1. The van der Waals surface area contributed by atoms with Gasteiger partial charge in [-0.05, 0) is 25.3 Å². The quantitative estimate of drug-likeness (QED) is 0.541. The summed E-state index contributed by atoms with van der Waals surface area (Å²) in [6, 6.07) is 0. The molecule has 0 spiro atoms. The third-order valence-electron chi connectivity index (χ3n) is 2.60. The van der Waals surface area contributed by atoms with Crippen LogP contribution in [0.1, 0.15) is 53.4 Å². The zero-order valence-electron chi connectivity index (χ0n) is 11.2. The Kier molecular flexibility index (Phi) is 4.79. The molecule has 1 aliphatic heterocycles. The Bertz CT molecular complexity index is 337. The Labute approximate surface area is 103 Å². The maximum atomic E-state index is 11.4. The van der Waals surface area contributed by atoms with Crippen molar-refractivity contribution in [3.05, 3.63) is 23.5 Å². The second-order valence-electron chi connectivity index (χ2n) is 4.81. The Morgan fingerprint density at radius 3 is 2.65 bits per heavy atom. The van der Waals surface area contributed by atoms with Gasteiger partial charge in [0.15, 0.2) is 0 Å². The van der Waals surface area contributed by atoms with Crippen LogP contribution in [0.5, 0.6) is 0 Å². The van der Waals surface area contributed by atoms with Crippen LogP contribution in [0.4, 0.5) is 0 Å². The topological polar surface area (TPSA) is 35.5 Å². The molecule has 0 aromatic rings. The average Bonchev–Trinajstić information content (AvgIpc) is 2.21. The number of carbonyl (C=O) groups excluding carboxylic acids is 1. The lowest BCUT2D eigenvalue weighted by atomic mass is 10.1. The number of rotatable bonds is 5. The molecule has 17 heavy (non-hydrogen) atoms. The lowest BCUT2D eigenvalue weighted by Gasteiger charge is -2.30. The smallest absolute Gasteiger partial charge is 0.337 e. The van der Waals surface area contributed by atoms with Crippen LogP contribution in [0.25, 0.3) is 0 Å². The SMILES string of the molecule is CCCCC/C=C(\C)C1=CC(=O)OC(C)(C)O1. The minimum absolute atomic E-state index is 0.336. The van der Waals surface area contributed by atoms with E-state index in [0.717, 1.165) is 12.0 Å². The van der Waals surface area contributed by atoms with Crippen LogP contribution < -0.4 is 0 Å². The molecule has 0 aromatic carbocycles. The molecule has 0 aliphatic carbocycles. The van der Waals surface area contributed by atoms with Crippen LogP contribution >= 0.6 is 0 Å². The minimum Gasteiger partial charge on any atom is -0.452 e. The van der Waals surface area contributed by atoms with Gasteiger partial charge in [0.25, 0.3) is 0 Å². The summed E-state index contributed by atoms with van der Waals surface area (Å²) in [7, 11) is 0. The third-order valence-corrected chi connectivity index (χ3v) is 2.60. The summed E-state index contributed by atoms with van der Waals surface area (Å²) in [4.78, 5) is 11.4. The predicted molar refractivity (Wildman–Crippen MR) is 67.2 cm³/mol. The van der Waals surface area contributed by atoms with Gasteiger partial charge in [0.05, 0.1) is 6.08 Å². The molecule has 96 valence electrons. The van der Waals surface area contributed by atoms with E-state index in [0.29, 0.717) is 5.76 Å². The number of esters is 1. The molecule has 3 nitrogen and oxygen atoms in total. The van der Waals surface area contributed by atoms with E-state index in [9.17, 15) is 4.79 Å². The van der Waals surface area contributed by atoms with Gasteiger partial charge in [0.1, 0.15) is 5.76 Å². The minimum atomic E-state index is -0.861. The second kappa shape index (κ2) is 5.89. The molecule has 0 N–H and O–H groups in total. The van der Waals surface area contributed by atoms with Gasteiger partial charge >= 0.3 is 5.97 Å². The van der Waals surface area contributed by atoms with E-state index in [4.69, 9.17) is 9.47 Å². The highest BCUT2D eigenvalue weighted by molar-refractivity contribution is 5.84. The van der Waals surface area contributed by atoms with Crippen molar-refractivity contribution in [2.45, 2.75) is 59.2 Å². The van der Waals surface area contributed by atoms with Crippen molar-refractivity contribution >= 4 is 5.97 Å². The van der Waals surface area contributed by atoms with Crippen LogP contribution in [0.3, 0.4) is 0 Å². The highest BCUT2D eigenvalue weighted by atomic mass is 16.7. The van der Waals surface area contributed by atoms with Crippen LogP contribution in [-0.2, 0) is 14.3 Å². The molecule has 0 saturated carbocycles. The van der Waals surface area contributed by atoms with E-state index in [2.05, 4.69) is 13.0 Å². The fraction of sp³-hybridized carbons (Fsp3) is 0.643. The molecule has 1 heterocycles. The largest absolute Gasteiger partial charge is 0.452 e. The summed E-state index contributed by atoms with van der Waals surface area (Å²) in [6.45, 7) is 7.62. The Morgan fingerprint density at radius 1 is 1.35 bits per heavy atom. The zero-order chi connectivity index (χ0) is 12.9. The Morgan fingerprint density at radius 2 is 2.06 bits per heavy atom. The molecular formula is C14H22O3. The first-order valence-electron chi connectivity index (χ1n) is 6.25. The van der Waals surface area contributed by atoms with E-state index in [1.807, 2.05) is 6.92 Å². The van der Waals surface area contributed by atoms with Gasteiger partial charge in [0.2, 0.25) is 5.79 Å². The number of hydrogen-bond donors (Lipinski definition) is 0. The molecule has 1 rings (SSSR count). The summed E-state index contributed by atoms with van der Waals surface area (Å²) >= 11 is 0. The van der Waals surface area contributed by atoms with Gasteiger partial charge in [-0.15, -0.1) is 0 Å². The lowest BCUT2D eigenvalue weighted by molar-refractivity contribution is -0.203. The molecule has 3 heteroatoms. The van der Waals surface area contributed by atoms with Crippen molar-refractivity contribution in [2.75, 3.05) is 0 Å². The monoisotopic (exact) mass is 238 g/mol. The number of unbranched alkanes of at least 4 members (excludes halogenated alkanes) is 3. The summed E-state index contributed by atoms with van der Waals surface area (Å²) in [6.07, 6.45) is 8.18. The summed E-state index contributed by atoms with van der Waals surface area (Å²) in [5.74, 6) is -0.569. The number of hydrogen-bond acceptors (Lipinski definition) is 3. The van der Waals surface area contributed by atoms with Crippen molar-refractivity contribution < 1.29 is 14.3 Å².